The Hall–Kier alpha value is -0.570. The van der Waals surface area contributed by atoms with E-state index in [1.165, 1.54) is 12.8 Å². The number of rotatable bonds is 3. The van der Waals surface area contributed by atoms with Crippen LogP contribution in [0.25, 0.3) is 0 Å². The van der Waals surface area contributed by atoms with Crippen LogP contribution in [-0.2, 0) is 4.79 Å². The maximum atomic E-state index is 11.6. The highest BCUT2D eigenvalue weighted by molar-refractivity contribution is 5.85. The van der Waals surface area contributed by atoms with Crippen molar-refractivity contribution in [3.05, 3.63) is 0 Å². The topological polar surface area (TPSA) is 55.1 Å². The molecule has 1 saturated carbocycles. The number of amides is 1. The molecule has 13 heavy (non-hydrogen) atoms. The van der Waals surface area contributed by atoms with Crippen molar-refractivity contribution in [2.24, 2.45) is 5.73 Å². The van der Waals surface area contributed by atoms with Crippen molar-refractivity contribution < 1.29 is 4.79 Å². The molecule has 0 bridgehead atoms. The number of nitrogens with two attached hydrogens (primary N) is 1. The van der Waals surface area contributed by atoms with E-state index in [1.54, 1.807) is 6.92 Å². The van der Waals surface area contributed by atoms with E-state index in [0.717, 1.165) is 12.8 Å². The predicted octanol–water partition coefficient (Wildman–Crippen LogP) is 1.17. The molecule has 0 radical (unpaired) electrons. The van der Waals surface area contributed by atoms with Crippen molar-refractivity contribution >= 4 is 5.91 Å². The van der Waals surface area contributed by atoms with Gasteiger partial charge in [-0.3, -0.25) is 4.79 Å². The lowest BCUT2D eigenvalue weighted by molar-refractivity contribution is -0.126. The summed E-state index contributed by atoms with van der Waals surface area (Å²) in [5.41, 5.74) is 5.13. The summed E-state index contributed by atoms with van der Waals surface area (Å²) in [6.45, 7) is 3.73. The van der Waals surface area contributed by atoms with Crippen molar-refractivity contribution in [1.82, 2.24) is 5.32 Å². The maximum absolute atomic E-state index is 11.6. The zero-order valence-corrected chi connectivity index (χ0v) is 8.60. The highest BCUT2D eigenvalue weighted by atomic mass is 16.2. The van der Waals surface area contributed by atoms with Gasteiger partial charge < -0.3 is 11.1 Å². The standard InChI is InChI=1S/C10H20N2O/c1-3-10(2,11)9(13)12-8-6-4-5-7-8/h8H,3-7,11H2,1-2H3,(H,12,13). The van der Waals surface area contributed by atoms with E-state index in [4.69, 9.17) is 5.73 Å². The summed E-state index contributed by atoms with van der Waals surface area (Å²) < 4.78 is 0. The zero-order chi connectivity index (χ0) is 9.90. The van der Waals surface area contributed by atoms with E-state index in [1.807, 2.05) is 6.92 Å². The second-order valence-corrected chi connectivity index (χ2v) is 4.23. The molecule has 1 aliphatic rings. The third kappa shape index (κ3) is 2.69. The summed E-state index contributed by atoms with van der Waals surface area (Å²) in [6.07, 6.45) is 5.39. The summed E-state index contributed by atoms with van der Waals surface area (Å²) in [5, 5.41) is 3.01. The van der Waals surface area contributed by atoms with E-state index in [2.05, 4.69) is 5.32 Å². The van der Waals surface area contributed by atoms with Crippen LogP contribution in [-0.4, -0.2) is 17.5 Å². The first kappa shape index (κ1) is 10.5. The summed E-state index contributed by atoms with van der Waals surface area (Å²) in [5.74, 6) is 0.00176. The minimum atomic E-state index is -0.692. The first-order valence-corrected chi connectivity index (χ1v) is 5.16. The molecule has 0 aliphatic heterocycles. The van der Waals surface area contributed by atoms with Crippen LogP contribution in [0.2, 0.25) is 0 Å². The molecule has 76 valence electrons. The average molecular weight is 184 g/mol. The lowest BCUT2D eigenvalue weighted by Crippen LogP contribution is -2.53. The Morgan fingerprint density at radius 1 is 1.54 bits per heavy atom. The van der Waals surface area contributed by atoms with Crippen molar-refractivity contribution in [2.45, 2.75) is 57.5 Å². The van der Waals surface area contributed by atoms with Gasteiger partial charge >= 0.3 is 0 Å². The summed E-state index contributed by atoms with van der Waals surface area (Å²) in [4.78, 5) is 11.6. The van der Waals surface area contributed by atoms with Crippen LogP contribution >= 0.6 is 0 Å². The Morgan fingerprint density at radius 2 is 2.08 bits per heavy atom. The van der Waals surface area contributed by atoms with E-state index in [0.29, 0.717) is 12.5 Å². The second kappa shape index (κ2) is 4.09. The molecule has 1 rings (SSSR count). The quantitative estimate of drug-likeness (QED) is 0.692. The van der Waals surface area contributed by atoms with Gasteiger partial charge in [-0.15, -0.1) is 0 Å². The predicted molar refractivity (Wildman–Crippen MR) is 53.3 cm³/mol. The highest BCUT2D eigenvalue weighted by Crippen LogP contribution is 2.18. The minimum absolute atomic E-state index is 0.00176. The first-order chi connectivity index (χ1) is 6.06. The Labute approximate surface area is 80.1 Å². The van der Waals surface area contributed by atoms with Crippen LogP contribution < -0.4 is 11.1 Å². The molecular weight excluding hydrogens is 164 g/mol. The summed E-state index contributed by atoms with van der Waals surface area (Å²) >= 11 is 0. The van der Waals surface area contributed by atoms with Gasteiger partial charge in [0.15, 0.2) is 0 Å². The molecule has 0 spiro atoms. The van der Waals surface area contributed by atoms with Gasteiger partial charge in [0.25, 0.3) is 0 Å². The van der Waals surface area contributed by atoms with Crippen LogP contribution in [0.4, 0.5) is 0 Å². The first-order valence-electron chi connectivity index (χ1n) is 5.16. The molecule has 0 saturated heterocycles. The Bertz CT molecular complexity index is 183. The number of nitrogens with one attached hydrogen (secondary N) is 1. The molecule has 1 aliphatic carbocycles. The van der Waals surface area contributed by atoms with E-state index < -0.39 is 5.54 Å². The second-order valence-electron chi connectivity index (χ2n) is 4.23. The average Bonchev–Trinajstić information content (AvgIpc) is 2.57. The maximum Gasteiger partial charge on any atom is 0.239 e. The molecule has 3 N–H and O–H groups in total. The fraction of sp³-hybridized carbons (Fsp3) is 0.900. The highest BCUT2D eigenvalue weighted by Gasteiger charge is 2.28. The molecule has 1 atom stereocenters. The Balaban J connectivity index is 2.39. The van der Waals surface area contributed by atoms with Crippen molar-refractivity contribution in [2.75, 3.05) is 0 Å². The molecule has 1 amide bonds. The van der Waals surface area contributed by atoms with Gasteiger partial charge in [-0.25, -0.2) is 0 Å². The van der Waals surface area contributed by atoms with E-state index in [-0.39, 0.29) is 5.91 Å². The van der Waals surface area contributed by atoms with Crippen molar-refractivity contribution in [1.29, 1.82) is 0 Å². The summed E-state index contributed by atoms with van der Waals surface area (Å²) in [7, 11) is 0. The van der Waals surface area contributed by atoms with Gasteiger partial charge in [0.2, 0.25) is 5.91 Å². The van der Waals surface area contributed by atoms with Crippen LogP contribution in [0.3, 0.4) is 0 Å². The van der Waals surface area contributed by atoms with Gasteiger partial charge in [-0.05, 0) is 26.2 Å². The number of hydrogen-bond donors (Lipinski definition) is 2. The fourth-order valence-corrected chi connectivity index (χ4v) is 1.58. The lowest BCUT2D eigenvalue weighted by Gasteiger charge is -2.24. The molecule has 0 aromatic carbocycles. The van der Waals surface area contributed by atoms with Gasteiger partial charge in [0, 0.05) is 6.04 Å². The van der Waals surface area contributed by atoms with Crippen LogP contribution in [0.15, 0.2) is 0 Å². The lowest BCUT2D eigenvalue weighted by atomic mass is 9.99. The number of carbonyl (C=O) groups excluding carboxylic acids is 1. The van der Waals surface area contributed by atoms with Crippen molar-refractivity contribution in [3.8, 4) is 0 Å². The normalized spacial score (nSPS) is 22.7. The zero-order valence-electron chi connectivity index (χ0n) is 8.60. The third-order valence-electron chi connectivity index (χ3n) is 2.94. The number of hydrogen-bond acceptors (Lipinski definition) is 2. The van der Waals surface area contributed by atoms with Gasteiger partial charge in [0.1, 0.15) is 0 Å². The number of carbonyl (C=O) groups is 1. The van der Waals surface area contributed by atoms with Crippen LogP contribution in [0.1, 0.15) is 46.0 Å². The molecule has 0 aromatic rings. The molecule has 3 nitrogen and oxygen atoms in total. The largest absolute Gasteiger partial charge is 0.352 e. The van der Waals surface area contributed by atoms with Gasteiger partial charge in [0.05, 0.1) is 5.54 Å². The van der Waals surface area contributed by atoms with Crippen molar-refractivity contribution in [3.63, 3.8) is 0 Å². The molecule has 0 heterocycles. The molecule has 1 fully saturated rings. The SMILES string of the molecule is CCC(C)(N)C(=O)NC1CCCC1. The molecule has 3 heteroatoms. The molecule has 0 aromatic heterocycles. The van der Waals surface area contributed by atoms with Gasteiger partial charge in [-0.1, -0.05) is 19.8 Å². The smallest absolute Gasteiger partial charge is 0.239 e. The Kier molecular flexibility index (Phi) is 3.31. The molecular formula is C10H20N2O. The van der Waals surface area contributed by atoms with Crippen LogP contribution in [0.5, 0.6) is 0 Å². The Morgan fingerprint density at radius 3 is 2.54 bits per heavy atom. The van der Waals surface area contributed by atoms with E-state index in [9.17, 15) is 4.79 Å². The van der Waals surface area contributed by atoms with Gasteiger partial charge in [-0.2, -0.15) is 0 Å². The van der Waals surface area contributed by atoms with E-state index >= 15 is 0 Å². The summed E-state index contributed by atoms with van der Waals surface area (Å²) in [6, 6.07) is 0.377. The monoisotopic (exact) mass is 184 g/mol. The molecule has 1 unspecified atom stereocenters. The minimum Gasteiger partial charge on any atom is -0.352 e. The fourth-order valence-electron chi connectivity index (χ4n) is 1.58. The van der Waals surface area contributed by atoms with Crippen LogP contribution in [0, 0.1) is 0 Å². The third-order valence-corrected chi connectivity index (χ3v) is 2.94.